The van der Waals surface area contributed by atoms with Crippen LogP contribution in [0.2, 0.25) is 0 Å². The van der Waals surface area contributed by atoms with Gasteiger partial charge in [0.25, 0.3) is 5.91 Å². The number of amides is 1. The Hall–Kier alpha value is -2.57. The number of aromatic nitrogens is 2. The standard InChI is InChI=1S/C23H25N3O2S/c1-17-14-24-26(15-17)21-7-5-19(6-8-21)23(27)25-20-4-2-3-18(13-20)16-29-22-9-11-28-12-10-22/h2-8,13-15,22H,9-12,16H2,1H3,(H,25,27). The minimum atomic E-state index is -0.109. The van der Waals surface area contributed by atoms with E-state index in [1.807, 2.05) is 67.5 Å². The van der Waals surface area contributed by atoms with E-state index in [0.29, 0.717) is 10.8 Å². The fourth-order valence-corrected chi connectivity index (χ4v) is 4.45. The largest absolute Gasteiger partial charge is 0.381 e. The molecule has 29 heavy (non-hydrogen) atoms. The van der Waals surface area contributed by atoms with Crippen molar-refractivity contribution in [2.24, 2.45) is 0 Å². The molecule has 1 aromatic heterocycles. The Kier molecular flexibility index (Phi) is 6.32. The molecule has 1 amide bonds. The SMILES string of the molecule is Cc1cnn(-c2ccc(C(=O)Nc3cccc(CSC4CCOCC4)c3)cc2)c1. The smallest absolute Gasteiger partial charge is 0.255 e. The maximum atomic E-state index is 12.6. The first kappa shape index (κ1) is 19.7. The van der Waals surface area contributed by atoms with Gasteiger partial charge in [0, 0.05) is 41.7 Å². The summed E-state index contributed by atoms with van der Waals surface area (Å²) in [5.74, 6) is 0.842. The molecule has 1 fully saturated rings. The zero-order chi connectivity index (χ0) is 20.1. The van der Waals surface area contributed by atoms with Crippen LogP contribution in [-0.4, -0.2) is 34.2 Å². The zero-order valence-corrected chi connectivity index (χ0v) is 17.3. The van der Waals surface area contributed by atoms with Crippen LogP contribution in [0.5, 0.6) is 0 Å². The molecule has 1 saturated heterocycles. The second-order valence-corrected chi connectivity index (χ2v) is 8.58. The molecule has 0 bridgehead atoms. The van der Waals surface area contributed by atoms with E-state index < -0.39 is 0 Å². The molecule has 3 aromatic rings. The van der Waals surface area contributed by atoms with Crippen molar-refractivity contribution in [1.29, 1.82) is 0 Å². The topological polar surface area (TPSA) is 56.2 Å². The van der Waals surface area contributed by atoms with E-state index in [4.69, 9.17) is 4.74 Å². The van der Waals surface area contributed by atoms with E-state index in [9.17, 15) is 4.79 Å². The van der Waals surface area contributed by atoms with Crippen molar-refractivity contribution in [3.8, 4) is 5.69 Å². The Bertz CT molecular complexity index is 962. The van der Waals surface area contributed by atoms with Gasteiger partial charge in [-0.15, -0.1) is 0 Å². The molecular weight excluding hydrogens is 382 g/mol. The third-order valence-electron chi connectivity index (χ3n) is 4.94. The Balaban J connectivity index is 1.36. The van der Waals surface area contributed by atoms with Crippen molar-refractivity contribution in [3.05, 3.63) is 77.6 Å². The third kappa shape index (κ3) is 5.28. The van der Waals surface area contributed by atoms with Gasteiger partial charge in [-0.3, -0.25) is 4.79 Å². The summed E-state index contributed by atoms with van der Waals surface area (Å²) in [6, 6.07) is 15.6. The molecule has 0 saturated carbocycles. The summed E-state index contributed by atoms with van der Waals surface area (Å²) in [5, 5.41) is 7.97. The van der Waals surface area contributed by atoms with Gasteiger partial charge in [0.2, 0.25) is 0 Å². The van der Waals surface area contributed by atoms with Crippen LogP contribution in [0, 0.1) is 6.92 Å². The predicted molar refractivity (Wildman–Crippen MR) is 118 cm³/mol. The van der Waals surface area contributed by atoms with Crippen LogP contribution in [0.15, 0.2) is 60.9 Å². The highest BCUT2D eigenvalue weighted by Crippen LogP contribution is 2.26. The van der Waals surface area contributed by atoms with E-state index in [1.54, 1.807) is 4.68 Å². The highest BCUT2D eigenvalue weighted by Gasteiger charge is 2.14. The van der Waals surface area contributed by atoms with Crippen LogP contribution in [0.1, 0.15) is 34.3 Å². The Morgan fingerprint density at radius 2 is 2.00 bits per heavy atom. The molecule has 5 nitrogen and oxygen atoms in total. The maximum absolute atomic E-state index is 12.6. The first-order valence-corrected chi connectivity index (χ1v) is 10.9. The van der Waals surface area contributed by atoms with Crippen molar-refractivity contribution in [2.45, 2.75) is 30.8 Å². The molecule has 1 aliphatic rings. The van der Waals surface area contributed by atoms with Gasteiger partial charge in [0.1, 0.15) is 0 Å². The number of hydrogen-bond donors (Lipinski definition) is 1. The van der Waals surface area contributed by atoms with Crippen LogP contribution in [0.3, 0.4) is 0 Å². The lowest BCUT2D eigenvalue weighted by atomic mass is 10.1. The first-order valence-electron chi connectivity index (χ1n) is 9.89. The van der Waals surface area contributed by atoms with Crippen LogP contribution in [0.25, 0.3) is 5.69 Å². The third-order valence-corrected chi connectivity index (χ3v) is 6.39. The fraction of sp³-hybridized carbons (Fsp3) is 0.304. The highest BCUT2D eigenvalue weighted by atomic mass is 32.2. The molecule has 6 heteroatoms. The van der Waals surface area contributed by atoms with E-state index in [0.717, 1.165) is 48.7 Å². The van der Waals surface area contributed by atoms with Crippen molar-refractivity contribution < 1.29 is 9.53 Å². The quantitative estimate of drug-likeness (QED) is 0.635. The number of thioether (sulfide) groups is 1. The lowest BCUT2D eigenvalue weighted by Crippen LogP contribution is -2.17. The predicted octanol–water partition coefficient (Wildman–Crippen LogP) is 4.85. The second-order valence-electron chi connectivity index (χ2n) is 7.29. The van der Waals surface area contributed by atoms with Crippen LogP contribution in [0.4, 0.5) is 5.69 Å². The first-order chi connectivity index (χ1) is 14.2. The summed E-state index contributed by atoms with van der Waals surface area (Å²) in [5.41, 5.74) is 4.71. The lowest BCUT2D eigenvalue weighted by molar-refractivity contribution is 0.1000. The molecule has 0 atom stereocenters. The van der Waals surface area contributed by atoms with Crippen molar-refractivity contribution in [1.82, 2.24) is 9.78 Å². The Labute approximate surface area is 175 Å². The summed E-state index contributed by atoms with van der Waals surface area (Å²) < 4.78 is 7.23. The summed E-state index contributed by atoms with van der Waals surface area (Å²) in [4.78, 5) is 12.6. The normalized spacial score (nSPS) is 14.7. The fourth-order valence-electron chi connectivity index (χ4n) is 3.32. The molecule has 2 aromatic carbocycles. The van der Waals surface area contributed by atoms with Crippen LogP contribution < -0.4 is 5.32 Å². The van der Waals surface area contributed by atoms with E-state index in [1.165, 1.54) is 5.56 Å². The van der Waals surface area contributed by atoms with Gasteiger partial charge in [-0.2, -0.15) is 16.9 Å². The van der Waals surface area contributed by atoms with E-state index in [-0.39, 0.29) is 5.91 Å². The van der Waals surface area contributed by atoms with Crippen LogP contribution in [-0.2, 0) is 10.5 Å². The van der Waals surface area contributed by atoms with Crippen molar-refractivity contribution in [3.63, 3.8) is 0 Å². The molecule has 0 aliphatic carbocycles. The van der Waals surface area contributed by atoms with Gasteiger partial charge < -0.3 is 10.1 Å². The zero-order valence-electron chi connectivity index (χ0n) is 16.5. The summed E-state index contributed by atoms with van der Waals surface area (Å²) >= 11 is 1.97. The number of anilines is 1. The Morgan fingerprint density at radius 3 is 2.72 bits per heavy atom. The number of nitrogens with one attached hydrogen (secondary N) is 1. The van der Waals surface area contributed by atoms with Crippen molar-refractivity contribution >= 4 is 23.4 Å². The lowest BCUT2D eigenvalue weighted by Gasteiger charge is -2.21. The van der Waals surface area contributed by atoms with E-state index >= 15 is 0 Å². The summed E-state index contributed by atoms with van der Waals surface area (Å²) in [7, 11) is 0. The highest BCUT2D eigenvalue weighted by molar-refractivity contribution is 7.99. The number of ether oxygens (including phenoxy) is 1. The Morgan fingerprint density at radius 1 is 1.21 bits per heavy atom. The number of benzene rings is 2. The maximum Gasteiger partial charge on any atom is 0.255 e. The molecule has 4 rings (SSSR count). The molecule has 150 valence electrons. The average molecular weight is 408 g/mol. The van der Waals surface area contributed by atoms with Gasteiger partial charge in [0.05, 0.1) is 11.9 Å². The summed E-state index contributed by atoms with van der Waals surface area (Å²) in [6.07, 6.45) is 6.01. The van der Waals surface area contributed by atoms with Crippen LogP contribution >= 0.6 is 11.8 Å². The molecular formula is C23H25N3O2S. The van der Waals surface area contributed by atoms with Gasteiger partial charge in [-0.25, -0.2) is 4.68 Å². The van der Waals surface area contributed by atoms with E-state index in [2.05, 4.69) is 22.5 Å². The second kappa shape index (κ2) is 9.29. The number of nitrogens with zero attached hydrogens (tertiary/aromatic N) is 2. The molecule has 0 radical (unpaired) electrons. The number of carbonyl (C=O) groups is 1. The molecule has 0 unspecified atom stereocenters. The number of carbonyl (C=O) groups excluding carboxylic acids is 1. The molecule has 1 N–H and O–H groups in total. The summed E-state index contributed by atoms with van der Waals surface area (Å²) in [6.45, 7) is 3.74. The van der Waals surface area contributed by atoms with Gasteiger partial charge in [0.15, 0.2) is 0 Å². The van der Waals surface area contributed by atoms with Gasteiger partial charge in [-0.05, 0) is 67.3 Å². The van der Waals surface area contributed by atoms with Gasteiger partial charge >= 0.3 is 0 Å². The van der Waals surface area contributed by atoms with Gasteiger partial charge in [-0.1, -0.05) is 12.1 Å². The average Bonchev–Trinajstić information content (AvgIpc) is 3.20. The number of hydrogen-bond acceptors (Lipinski definition) is 4. The molecule has 0 spiro atoms. The molecule has 1 aliphatic heterocycles. The minimum absolute atomic E-state index is 0.109. The minimum Gasteiger partial charge on any atom is -0.381 e. The number of aryl methyl sites for hydroxylation is 1. The van der Waals surface area contributed by atoms with Crippen molar-refractivity contribution in [2.75, 3.05) is 18.5 Å². The molecule has 2 heterocycles. The monoisotopic (exact) mass is 407 g/mol. The number of rotatable bonds is 6.